The summed E-state index contributed by atoms with van der Waals surface area (Å²) in [6.45, 7) is 0. The summed E-state index contributed by atoms with van der Waals surface area (Å²) in [5, 5.41) is 0. The number of methoxy groups -OCH3 is 1. The van der Waals surface area contributed by atoms with Crippen molar-refractivity contribution < 1.29 is 17.9 Å². The second-order valence-corrected chi connectivity index (χ2v) is 2.56. The molecule has 0 aliphatic rings. The summed E-state index contributed by atoms with van der Waals surface area (Å²) in [5.74, 6) is 5.31. The van der Waals surface area contributed by atoms with Gasteiger partial charge in [-0.05, 0) is 18.2 Å². The Morgan fingerprint density at radius 1 is 1.33 bits per heavy atom. The normalized spacial score (nSPS) is 10.5. The predicted molar refractivity (Wildman–Crippen MR) is 53.1 cm³/mol. The molecule has 0 saturated carbocycles. The van der Waals surface area contributed by atoms with Gasteiger partial charge in [0.2, 0.25) is 0 Å². The van der Waals surface area contributed by atoms with Crippen LogP contribution in [0.4, 0.5) is 18.9 Å². The minimum absolute atomic E-state index is 0. The Balaban J connectivity index is 0.00000196. The van der Waals surface area contributed by atoms with Crippen molar-refractivity contribution in [2.45, 2.75) is 6.18 Å². The smallest absolute Gasteiger partial charge is 0.416 e. The average Bonchev–Trinajstić information content (AvgIpc) is 2.15. The van der Waals surface area contributed by atoms with E-state index >= 15 is 0 Å². The molecule has 0 saturated heterocycles. The standard InChI is InChI=1S/C8H9F3N2O.ClH/c1-14-7-3-2-5(8(9,10)11)4-6(7)13-12;/h2-4,13H,12H2,1H3;1H. The van der Waals surface area contributed by atoms with Crippen molar-refractivity contribution in [3.8, 4) is 5.75 Å². The Bertz CT molecular complexity index is 330. The zero-order chi connectivity index (χ0) is 10.8. The maximum Gasteiger partial charge on any atom is 0.416 e. The van der Waals surface area contributed by atoms with Crippen LogP contribution < -0.4 is 16.0 Å². The van der Waals surface area contributed by atoms with Crippen molar-refractivity contribution in [1.82, 2.24) is 0 Å². The van der Waals surface area contributed by atoms with Crippen LogP contribution in [-0.4, -0.2) is 7.11 Å². The van der Waals surface area contributed by atoms with E-state index in [2.05, 4.69) is 5.43 Å². The van der Waals surface area contributed by atoms with E-state index in [1.54, 1.807) is 0 Å². The SMILES string of the molecule is COc1ccc(C(F)(F)F)cc1NN.Cl. The van der Waals surface area contributed by atoms with Crippen LogP contribution in [0.5, 0.6) is 5.75 Å². The van der Waals surface area contributed by atoms with Gasteiger partial charge in [-0.25, -0.2) is 0 Å². The molecule has 0 bridgehead atoms. The minimum Gasteiger partial charge on any atom is -0.495 e. The van der Waals surface area contributed by atoms with Gasteiger partial charge in [-0.1, -0.05) is 0 Å². The van der Waals surface area contributed by atoms with Crippen molar-refractivity contribution in [2.75, 3.05) is 12.5 Å². The van der Waals surface area contributed by atoms with E-state index < -0.39 is 11.7 Å². The molecule has 1 rings (SSSR count). The monoisotopic (exact) mass is 242 g/mol. The summed E-state index contributed by atoms with van der Waals surface area (Å²) in [6.07, 6.45) is -4.38. The van der Waals surface area contributed by atoms with Crippen molar-refractivity contribution in [1.29, 1.82) is 0 Å². The molecular weight excluding hydrogens is 233 g/mol. The van der Waals surface area contributed by atoms with E-state index in [1.165, 1.54) is 13.2 Å². The number of ether oxygens (including phenoxy) is 1. The maximum absolute atomic E-state index is 12.2. The number of benzene rings is 1. The van der Waals surface area contributed by atoms with Crippen LogP contribution in [0.1, 0.15) is 5.56 Å². The van der Waals surface area contributed by atoms with E-state index in [0.29, 0.717) is 0 Å². The Morgan fingerprint density at radius 2 is 1.93 bits per heavy atom. The van der Waals surface area contributed by atoms with Crippen LogP contribution >= 0.6 is 12.4 Å². The Labute approximate surface area is 90.8 Å². The predicted octanol–water partition coefficient (Wildman–Crippen LogP) is 2.42. The zero-order valence-electron chi connectivity index (χ0n) is 7.76. The van der Waals surface area contributed by atoms with Crippen molar-refractivity contribution in [3.05, 3.63) is 23.8 Å². The largest absolute Gasteiger partial charge is 0.495 e. The topological polar surface area (TPSA) is 47.3 Å². The number of hydrazine groups is 1. The van der Waals surface area contributed by atoms with Crippen LogP contribution in [0.2, 0.25) is 0 Å². The van der Waals surface area contributed by atoms with Crippen LogP contribution in [0, 0.1) is 0 Å². The Morgan fingerprint density at radius 3 is 2.33 bits per heavy atom. The van der Waals surface area contributed by atoms with Crippen molar-refractivity contribution >= 4 is 18.1 Å². The van der Waals surface area contributed by atoms with E-state index in [-0.39, 0.29) is 23.8 Å². The first-order valence-corrected chi connectivity index (χ1v) is 3.71. The van der Waals surface area contributed by atoms with Crippen LogP contribution in [0.3, 0.4) is 0 Å². The molecule has 86 valence electrons. The highest BCUT2D eigenvalue weighted by atomic mass is 35.5. The average molecular weight is 243 g/mol. The third-order valence-electron chi connectivity index (χ3n) is 1.68. The number of anilines is 1. The summed E-state index contributed by atoms with van der Waals surface area (Å²) in [7, 11) is 1.35. The van der Waals surface area contributed by atoms with Gasteiger partial charge in [0, 0.05) is 0 Å². The molecule has 3 N–H and O–H groups in total. The third-order valence-corrected chi connectivity index (χ3v) is 1.68. The van der Waals surface area contributed by atoms with Gasteiger partial charge in [-0.2, -0.15) is 13.2 Å². The van der Waals surface area contributed by atoms with Gasteiger partial charge in [0.15, 0.2) is 0 Å². The molecule has 0 atom stereocenters. The molecule has 0 aliphatic carbocycles. The van der Waals surface area contributed by atoms with Crippen molar-refractivity contribution in [3.63, 3.8) is 0 Å². The maximum atomic E-state index is 12.2. The highest BCUT2D eigenvalue weighted by molar-refractivity contribution is 5.85. The highest BCUT2D eigenvalue weighted by Crippen LogP contribution is 2.34. The fourth-order valence-corrected chi connectivity index (χ4v) is 0.997. The molecule has 0 radical (unpaired) electrons. The second-order valence-electron chi connectivity index (χ2n) is 2.56. The molecule has 0 aliphatic heterocycles. The molecule has 1 aromatic carbocycles. The summed E-state index contributed by atoms with van der Waals surface area (Å²) in [6, 6.07) is 3.02. The molecular formula is C8H10ClF3N2O. The first-order chi connectivity index (χ1) is 6.49. The summed E-state index contributed by atoms with van der Waals surface area (Å²) in [5.41, 5.74) is 1.46. The van der Waals surface area contributed by atoms with Gasteiger partial charge >= 0.3 is 6.18 Å². The molecule has 15 heavy (non-hydrogen) atoms. The van der Waals surface area contributed by atoms with Gasteiger partial charge in [0.05, 0.1) is 18.4 Å². The van der Waals surface area contributed by atoms with E-state index in [9.17, 15) is 13.2 Å². The van der Waals surface area contributed by atoms with Crippen LogP contribution in [0.25, 0.3) is 0 Å². The molecule has 7 heteroatoms. The number of nitrogens with two attached hydrogens (primary N) is 1. The molecule has 0 aromatic heterocycles. The van der Waals surface area contributed by atoms with E-state index in [0.717, 1.165) is 12.1 Å². The number of nitrogens with one attached hydrogen (secondary N) is 1. The first kappa shape index (κ1) is 13.9. The number of hydrogen-bond donors (Lipinski definition) is 2. The summed E-state index contributed by atoms with van der Waals surface area (Å²) >= 11 is 0. The van der Waals surface area contributed by atoms with Gasteiger partial charge in [-0.15, -0.1) is 12.4 Å². The molecule has 0 spiro atoms. The molecule has 1 aromatic rings. The first-order valence-electron chi connectivity index (χ1n) is 3.71. The highest BCUT2D eigenvalue weighted by Gasteiger charge is 2.31. The van der Waals surface area contributed by atoms with Gasteiger partial charge < -0.3 is 10.2 Å². The molecule has 0 heterocycles. The summed E-state index contributed by atoms with van der Waals surface area (Å²) in [4.78, 5) is 0. The molecule has 3 nitrogen and oxygen atoms in total. The lowest BCUT2D eigenvalue weighted by Crippen LogP contribution is -2.11. The lowest BCUT2D eigenvalue weighted by Gasteiger charge is -2.11. The van der Waals surface area contributed by atoms with E-state index in [1.807, 2.05) is 0 Å². The van der Waals surface area contributed by atoms with Crippen LogP contribution in [-0.2, 0) is 6.18 Å². The second kappa shape index (κ2) is 5.09. The molecule has 0 amide bonds. The third kappa shape index (κ3) is 3.17. The zero-order valence-corrected chi connectivity index (χ0v) is 8.58. The van der Waals surface area contributed by atoms with Gasteiger partial charge in [0.25, 0.3) is 0 Å². The number of nitrogen functional groups attached to an aromatic ring is 1. The van der Waals surface area contributed by atoms with Gasteiger partial charge in [0.1, 0.15) is 5.75 Å². The summed E-state index contributed by atoms with van der Waals surface area (Å²) < 4.78 is 41.5. The number of halogens is 4. The number of alkyl halides is 3. The van der Waals surface area contributed by atoms with E-state index in [4.69, 9.17) is 10.6 Å². The Hall–Kier alpha value is -1.14. The Kier molecular flexibility index (Phi) is 4.70. The van der Waals surface area contributed by atoms with Crippen molar-refractivity contribution in [2.24, 2.45) is 5.84 Å². The lowest BCUT2D eigenvalue weighted by molar-refractivity contribution is -0.137. The lowest BCUT2D eigenvalue weighted by atomic mass is 10.2. The number of hydrogen-bond acceptors (Lipinski definition) is 3. The molecule has 0 fully saturated rings. The number of rotatable bonds is 2. The van der Waals surface area contributed by atoms with Gasteiger partial charge in [-0.3, -0.25) is 5.84 Å². The van der Waals surface area contributed by atoms with Crippen LogP contribution in [0.15, 0.2) is 18.2 Å². The minimum atomic E-state index is -4.38. The fourth-order valence-electron chi connectivity index (χ4n) is 0.997. The fraction of sp³-hybridized carbons (Fsp3) is 0.250. The molecule has 0 unspecified atom stereocenters. The quantitative estimate of drug-likeness (QED) is 0.619.